The zero-order valence-electron chi connectivity index (χ0n) is 8.39. The van der Waals surface area contributed by atoms with Crippen LogP contribution in [0.3, 0.4) is 0 Å². The fourth-order valence-corrected chi connectivity index (χ4v) is 1.26. The number of nitrogens with one attached hydrogen (secondary N) is 1. The number of anilines is 1. The lowest BCUT2D eigenvalue weighted by Crippen LogP contribution is -2.32. The van der Waals surface area contributed by atoms with E-state index in [1.54, 1.807) is 0 Å². The van der Waals surface area contributed by atoms with E-state index in [0.29, 0.717) is 5.01 Å². The van der Waals surface area contributed by atoms with Crippen molar-refractivity contribution >= 4 is 17.1 Å². The van der Waals surface area contributed by atoms with Crippen LogP contribution >= 0.6 is 0 Å². The van der Waals surface area contributed by atoms with Gasteiger partial charge >= 0.3 is 5.56 Å². The van der Waals surface area contributed by atoms with Crippen LogP contribution in [0, 0.1) is 15.0 Å². The zero-order chi connectivity index (χ0) is 12.6. The van der Waals surface area contributed by atoms with Gasteiger partial charge in [-0.05, 0) is 0 Å². The number of nitro groups is 1. The molecule has 0 aliphatic carbocycles. The Bertz CT molecular complexity index is 658. The lowest BCUT2D eigenvalue weighted by molar-refractivity contribution is -0.543. The van der Waals surface area contributed by atoms with Gasteiger partial charge in [-0.3, -0.25) is 4.79 Å². The Balaban J connectivity index is 2.89. The third-order valence-corrected chi connectivity index (χ3v) is 2.00. The van der Waals surface area contributed by atoms with E-state index in [1.165, 1.54) is 6.33 Å². The molecule has 0 fully saturated rings. The Kier molecular flexibility index (Phi) is 2.27. The van der Waals surface area contributed by atoms with Crippen molar-refractivity contribution in [3.8, 4) is 0 Å². The Morgan fingerprint density at radius 3 is 2.94 bits per heavy atom. The lowest BCUT2D eigenvalue weighted by atomic mass is 10.5. The van der Waals surface area contributed by atoms with E-state index in [1.807, 2.05) is 0 Å². The van der Waals surface area contributed by atoms with Gasteiger partial charge in [0.2, 0.25) is 0 Å². The molecule has 2 rings (SSSR count). The van der Waals surface area contributed by atoms with Gasteiger partial charge in [-0.1, -0.05) is 0 Å². The SMILES string of the molecule is CN(N=O)c1nc2nc[nH]c2c(=O)n1[N+](=O)[O-]. The van der Waals surface area contributed by atoms with Crippen molar-refractivity contribution in [1.82, 2.24) is 19.6 Å². The standard InChI is InChI=1S/C6H5N7O4/c1-11(10-15)6-9-4-3(7-2-8-4)5(14)12(6)13(16)17/h2H,1H3,(H,7,8). The molecule has 0 atom stereocenters. The first-order valence-corrected chi connectivity index (χ1v) is 4.24. The summed E-state index contributed by atoms with van der Waals surface area (Å²) < 4.78 is 0.113. The van der Waals surface area contributed by atoms with Crippen molar-refractivity contribution < 1.29 is 5.03 Å². The first-order valence-electron chi connectivity index (χ1n) is 4.24. The number of aromatic amines is 1. The zero-order valence-corrected chi connectivity index (χ0v) is 8.39. The molecule has 0 aromatic carbocycles. The Hall–Kier alpha value is -2.85. The largest absolute Gasteiger partial charge is 0.343 e. The maximum Gasteiger partial charge on any atom is 0.343 e. The van der Waals surface area contributed by atoms with E-state index in [2.05, 4.69) is 20.2 Å². The third-order valence-electron chi connectivity index (χ3n) is 2.00. The minimum Gasteiger partial charge on any atom is -0.338 e. The number of fused-ring (bicyclic) bond motifs is 1. The molecule has 88 valence electrons. The van der Waals surface area contributed by atoms with Gasteiger partial charge in [0.1, 0.15) is 0 Å². The summed E-state index contributed by atoms with van der Waals surface area (Å²) in [5.74, 6) is -0.519. The second-order valence-electron chi connectivity index (χ2n) is 2.97. The van der Waals surface area contributed by atoms with Crippen LogP contribution in [0.5, 0.6) is 0 Å². The lowest BCUT2D eigenvalue weighted by Gasteiger charge is -2.07. The normalized spacial score (nSPS) is 10.4. The summed E-state index contributed by atoms with van der Waals surface area (Å²) in [5.41, 5.74) is -1.12. The molecule has 11 nitrogen and oxygen atoms in total. The third kappa shape index (κ3) is 1.49. The second kappa shape index (κ2) is 3.62. The van der Waals surface area contributed by atoms with Crippen molar-refractivity contribution in [1.29, 1.82) is 0 Å². The minimum absolute atomic E-state index is 0.0291. The van der Waals surface area contributed by atoms with Gasteiger partial charge in [-0.2, -0.15) is 9.99 Å². The average Bonchev–Trinajstić information content (AvgIpc) is 2.75. The number of hydrogen-bond donors (Lipinski definition) is 1. The van der Waals surface area contributed by atoms with E-state index in [9.17, 15) is 19.8 Å². The maximum atomic E-state index is 11.7. The fraction of sp³-hybridized carbons (Fsp3) is 0.167. The molecule has 0 bridgehead atoms. The molecule has 2 heterocycles. The van der Waals surface area contributed by atoms with E-state index in [4.69, 9.17) is 0 Å². The number of nitrogens with zero attached hydrogens (tertiary/aromatic N) is 6. The van der Waals surface area contributed by atoms with Crippen LogP contribution in [0.2, 0.25) is 0 Å². The highest BCUT2D eigenvalue weighted by atomic mass is 16.7. The molecule has 2 aromatic heterocycles. The molecule has 0 aliphatic heterocycles. The number of aromatic nitrogens is 4. The highest BCUT2D eigenvalue weighted by Gasteiger charge is 2.23. The summed E-state index contributed by atoms with van der Waals surface area (Å²) in [6.07, 6.45) is 1.17. The summed E-state index contributed by atoms with van der Waals surface area (Å²) in [4.78, 5) is 42.6. The van der Waals surface area contributed by atoms with E-state index in [-0.39, 0.29) is 15.8 Å². The van der Waals surface area contributed by atoms with Crippen LogP contribution in [0.25, 0.3) is 11.2 Å². The molecule has 0 spiro atoms. The summed E-state index contributed by atoms with van der Waals surface area (Å²) >= 11 is 0. The van der Waals surface area contributed by atoms with Crippen LogP contribution in [-0.2, 0) is 0 Å². The quantitative estimate of drug-likeness (QED) is 0.423. The predicted molar refractivity (Wildman–Crippen MR) is 54.7 cm³/mol. The molecule has 0 amide bonds. The van der Waals surface area contributed by atoms with E-state index >= 15 is 0 Å². The Labute approximate surface area is 91.8 Å². The van der Waals surface area contributed by atoms with Gasteiger partial charge in [0.25, 0.3) is 5.95 Å². The molecular weight excluding hydrogens is 234 g/mol. The molecule has 1 N–H and O–H groups in total. The second-order valence-corrected chi connectivity index (χ2v) is 2.97. The Morgan fingerprint density at radius 1 is 1.65 bits per heavy atom. The van der Waals surface area contributed by atoms with Crippen LogP contribution in [0.1, 0.15) is 0 Å². The van der Waals surface area contributed by atoms with Crippen molar-refractivity contribution in [2.45, 2.75) is 0 Å². The molecule has 17 heavy (non-hydrogen) atoms. The summed E-state index contributed by atoms with van der Waals surface area (Å²) in [6.45, 7) is 0. The average molecular weight is 239 g/mol. The number of H-pyrrole nitrogens is 1. The maximum absolute atomic E-state index is 11.7. The smallest absolute Gasteiger partial charge is 0.338 e. The minimum atomic E-state index is -0.993. The van der Waals surface area contributed by atoms with Gasteiger partial charge in [0.05, 0.1) is 11.6 Å². The van der Waals surface area contributed by atoms with Crippen LogP contribution in [-0.4, -0.2) is 31.7 Å². The summed E-state index contributed by atoms with van der Waals surface area (Å²) in [5, 5.41) is 12.8. The number of nitroso groups, excluding NO2 is 1. The molecule has 0 saturated carbocycles. The van der Waals surface area contributed by atoms with Gasteiger partial charge in [-0.15, -0.1) is 4.91 Å². The van der Waals surface area contributed by atoms with Crippen molar-refractivity contribution in [3.05, 3.63) is 31.7 Å². The molecule has 0 radical (unpaired) electrons. The van der Waals surface area contributed by atoms with Gasteiger partial charge in [0, 0.05) is 11.7 Å². The number of imidazole rings is 1. The number of hydrogen-bond acceptors (Lipinski definition) is 7. The van der Waals surface area contributed by atoms with Crippen LogP contribution < -0.4 is 10.6 Å². The number of rotatable bonds is 3. The van der Waals surface area contributed by atoms with Crippen molar-refractivity contribution in [2.24, 2.45) is 5.29 Å². The van der Waals surface area contributed by atoms with Gasteiger partial charge in [0.15, 0.2) is 16.2 Å². The topological polar surface area (TPSA) is 139 Å². The Morgan fingerprint density at radius 2 is 2.35 bits per heavy atom. The molecule has 0 saturated heterocycles. The predicted octanol–water partition coefficient (Wildman–Crippen LogP) is -0.723. The van der Waals surface area contributed by atoms with Crippen molar-refractivity contribution in [2.75, 3.05) is 12.1 Å². The van der Waals surface area contributed by atoms with E-state index < -0.39 is 16.5 Å². The first-order chi connectivity index (χ1) is 8.06. The first kappa shape index (κ1) is 10.7. The molecular formula is C6H5N7O4. The van der Waals surface area contributed by atoms with Crippen molar-refractivity contribution in [3.63, 3.8) is 0 Å². The van der Waals surface area contributed by atoms with Gasteiger partial charge < -0.3 is 4.98 Å². The fourth-order valence-electron chi connectivity index (χ4n) is 1.26. The monoisotopic (exact) mass is 239 g/mol. The van der Waals surface area contributed by atoms with Crippen LogP contribution in [0.15, 0.2) is 16.4 Å². The molecule has 2 aromatic rings. The van der Waals surface area contributed by atoms with Crippen LogP contribution in [0.4, 0.5) is 5.95 Å². The molecule has 11 heteroatoms. The van der Waals surface area contributed by atoms with Gasteiger partial charge in [-0.25, -0.2) is 15.1 Å². The highest BCUT2D eigenvalue weighted by Crippen LogP contribution is 2.10. The molecule has 0 unspecified atom stereocenters. The van der Waals surface area contributed by atoms with E-state index in [0.717, 1.165) is 7.05 Å². The molecule has 0 aliphatic rings. The highest BCUT2D eigenvalue weighted by molar-refractivity contribution is 5.69. The summed E-state index contributed by atoms with van der Waals surface area (Å²) in [6, 6.07) is 0. The summed E-state index contributed by atoms with van der Waals surface area (Å²) in [7, 11) is 1.13.